The molecule has 1 unspecified atom stereocenters. The average Bonchev–Trinajstić information content (AvgIpc) is 2.60. The molecule has 3 rings (SSSR count). The Morgan fingerprint density at radius 2 is 2.20 bits per heavy atom. The van der Waals surface area contributed by atoms with Crippen molar-refractivity contribution in [1.82, 2.24) is 5.32 Å². The molecule has 1 atom stereocenters. The first kappa shape index (κ1) is 18.4. The Hall–Kier alpha value is -1.43. The predicted molar refractivity (Wildman–Crippen MR) is 103 cm³/mol. The second-order valence-corrected chi connectivity index (χ2v) is 7.03. The lowest BCUT2D eigenvalue weighted by Gasteiger charge is -2.27. The summed E-state index contributed by atoms with van der Waals surface area (Å²) < 4.78 is 17.7. The van der Waals surface area contributed by atoms with E-state index in [0.29, 0.717) is 30.5 Å². The van der Waals surface area contributed by atoms with E-state index >= 15 is 0 Å². The molecular formula is C19H21BrClNO3. The third kappa shape index (κ3) is 4.05. The number of rotatable bonds is 6. The molecule has 2 aromatic rings. The van der Waals surface area contributed by atoms with Crippen molar-refractivity contribution in [2.45, 2.75) is 25.9 Å². The molecule has 2 aromatic carbocycles. The van der Waals surface area contributed by atoms with Gasteiger partial charge in [0.05, 0.1) is 29.8 Å². The molecule has 6 heteroatoms. The van der Waals surface area contributed by atoms with Gasteiger partial charge in [0.25, 0.3) is 0 Å². The predicted octanol–water partition coefficient (Wildman–Crippen LogP) is 5.12. The molecule has 1 aliphatic rings. The third-order valence-electron chi connectivity index (χ3n) is 4.15. The Kier molecular flexibility index (Phi) is 6.10. The van der Waals surface area contributed by atoms with Crippen LogP contribution in [-0.2, 0) is 6.54 Å². The molecule has 4 nitrogen and oxygen atoms in total. The number of methoxy groups -OCH3 is 1. The Balaban J connectivity index is 1.78. The number of benzene rings is 2. The molecule has 25 heavy (non-hydrogen) atoms. The van der Waals surface area contributed by atoms with Crippen LogP contribution in [0.1, 0.15) is 30.5 Å². The Bertz CT molecular complexity index is 754. The van der Waals surface area contributed by atoms with E-state index in [4.69, 9.17) is 25.8 Å². The maximum atomic E-state index is 6.24. The van der Waals surface area contributed by atoms with Gasteiger partial charge in [-0.2, -0.15) is 0 Å². The fraction of sp³-hybridized carbons (Fsp3) is 0.368. The molecule has 0 radical (unpaired) electrons. The molecule has 134 valence electrons. The fourth-order valence-corrected chi connectivity index (χ4v) is 3.91. The van der Waals surface area contributed by atoms with Crippen LogP contribution in [0.25, 0.3) is 0 Å². The quantitative estimate of drug-likeness (QED) is 0.695. The van der Waals surface area contributed by atoms with E-state index in [9.17, 15) is 0 Å². The maximum Gasteiger partial charge on any atom is 0.174 e. The van der Waals surface area contributed by atoms with Crippen molar-refractivity contribution >= 4 is 27.5 Å². The summed E-state index contributed by atoms with van der Waals surface area (Å²) in [6, 6.07) is 10.1. The third-order valence-corrected chi connectivity index (χ3v) is 5.04. The summed E-state index contributed by atoms with van der Waals surface area (Å²) in [6.45, 7) is 3.91. The lowest BCUT2D eigenvalue weighted by molar-refractivity contribution is 0.252. The molecular weight excluding hydrogens is 406 g/mol. The largest absolute Gasteiger partial charge is 0.492 e. The Labute approximate surface area is 161 Å². The van der Waals surface area contributed by atoms with E-state index < -0.39 is 0 Å². The van der Waals surface area contributed by atoms with Crippen molar-refractivity contribution in [3.63, 3.8) is 0 Å². The van der Waals surface area contributed by atoms with Crippen molar-refractivity contribution < 1.29 is 14.2 Å². The summed E-state index contributed by atoms with van der Waals surface area (Å²) in [5.74, 6) is 2.25. The normalized spacial score (nSPS) is 16.1. The number of hydrogen-bond donors (Lipinski definition) is 1. The number of hydrogen-bond acceptors (Lipinski definition) is 4. The van der Waals surface area contributed by atoms with Crippen molar-refractivity contribution in [2.24, 2.45) is 0 Å². The van der Waals surface area contributed by atoms with Crippen LogP contribution < -0.4 is 19.5 Å². The van der Waals surface area contributed by atoms with Crippen molar-refractivity contribution in [3.05, 3.63) is 51.0 Å². The number of ether oxygens (including phenoxy) is 3. The number of para-hydroxylation sites is 1. The molecule has 0 bridgehead atoms. The Morgan fingerprint density at radius 1 is 1.36 bits per heavy atom. The monoisotopic (exact) mass is 425 g/mol. The summed E-state index contributed by atoms with van der Waals surface area (Å²) >= 11 is 9.80. The lowest BCUT2D eigenvalue weighted by Crippen LogP contribution is -2.27. The van der Waals surface area contributed by atoms with Crippen molar-refractivity contribution in [2.75, 3.05) is 20.3 Å². The number of fused-ring (bicyclic) bond motifs is 1. The standard InChI is InChI=1S/C19H21BrClNO3/c1-3-24-17-10-12(9-14(20)19(17)23-2)11-22-16-7-8-25-18-13(16)5-4-6-15(18)21/h4-6,9-10,16,22H,3,7-8,11H2,1-2H3. The first-order valence-corrected chi connectivity index (χ1v) is 9.45. The summed E-state index contributed by atoms with van der Waals surface area (Å²) in [4.78, 5) is 0. The van der Waals surface area contributed by atoms with Crippen molar-refractivity contribution in [1.29, 1.82) is 0 Å². The minimum absolute atomic E-state index is 0.207. The minimum atomic E-state index is 0.207. The van der Waals surface area contributed by atoms with Crippen molar-refractivity contribution in [3.8, 4) is 17.2 Å². The van der Waals surface area contributed by atoms with E-state index in [1.54, 1.807) is 7.11 Å². The van der Waals surface area contributed by atoms with Crippen LogP contribution >= 0.6 is 27.5 Å². The van der Waals surface area contributed by atoms with Crippen LogP contribution in [0.5, 0.6) is 17.2 Å². The van der Waals surface area contributed by atoms with E-state index in [1.165, 1.54) is 0 Å². The van der Waals surface area contributed by atoms with E-state index in [1.807, 2.05) is 31.2 Å². The highest BCUT2D eigenvalue weighted by atomic mass is 79.9. The van der Waals surface area contributed by atoms with Gasteiger partial charge in [-0.1, -0.05) is 23.7 Å². The molecule has 0 amide bonds. The fourth-order valence-electron chi connectivity index (χ4n) is 3.02. The van der Waals surface area contributed by atoms with Crippen LogP contribution in [0.4, 0.5) is 0 Å². The zero-order valence-electron chi connectivity index (χ0n) is 14.3. The first-order valence-electron chi connectivity index (χ1n) is 8.27. The summed E-state index contributed by atoms with van der Waals surface area (Å²) in [6.07, 6.45) is 0.906. The number of halogens is 2. The SMILES string of the molecule is CCOc1cc(CNC2CCOc3c(Cl)cccc32)cc(Br)c1OC. The van der Waals surface area contributed by atoms with E-state index in [-0.39, 0.29) is 6.04 Å². The molecule has 0 spiro atoms. The van der Waals surface area contributed by atoms with Crippen LogP contribution in [0, 0.1) is 0 Å². The second-order valence-electron chi connectivity index (χ2n) is 5.77. The highest BCUT2D eigenvalue weighted by Gasteiger charge is 2.23. The summed E-state index contributed by atoms with van der Waals surface area (Å²) in [5.41, 5.74) is 2.22. The number of nitrogens with one attached hydrogen (secondary N) is 1. The Morgan fingerprint density at radius 3 is 2.96 bits per heavy atom. The maximum absolute atomic E-state index is 6.24. The van der Waals surface area contributed by atoms with Gasteiger partial charge in [-0.25, -0.2) is 0 Å². The molecule has 1 aliphatic heterocycles. The minimum Gasteiger partial charge on any atom is -0.492 e. The van der Waals surface area contributed by atoms with Crippen LogP contribution in [0.3, 0.4) is 0 Å². The second kappa shape index (κ2) is 8.30. The van der Waals surface area contributed by atoms with Gasteiger partial charge in [-0.15, -0.1) is 0 Å². The zero-order chi connectivity index (χ0) is 17.8. The topological polar surface area (TPSA) is 39.7 Å². The van der Waals surface area contributed by atoms with Crippen LogP contribution in [-0.4, -0.2) is 20.3 Å². The smallest absolute Gasteiger partial charge is 0.174 e. The summed E-state index contributed by atoms with van der Waals surface area (Å²) in [7, 11) is 1.64. The van der Waals surface area contributed by atoms with E-state index in [2.05, 4.69) is 27.3 Å². The van der Waals surface area contributed by atoms with Crippen LogP contribution in [0.2, 0.25) is 5.02 Å². The molecule has 0 fully saturated rings. The molecule has 1 N–H and O–H groups in total. The van der Waals surface area contributed by atoms with Gasteiger partial charge in [0.15, 0.2) is 11.5 Å². The van der Waals surface area contributed by atoms with E-state index in [0.717, 1.165) is 33.5 Å². The van der Waals surface area contributed by atoms with Crippen LogP contribution in [0.15, 0.2) is 34.8 Å². The van der Waals surface area contributed by atoms with Gasteiger partial charge in [0.2, 0.25) is 0 Å². The first-order chi connectivity index (χ1) is 12.1. The average molecular weight is 427 g/mol. The van der Waals surface area contributed by atoms with Gasteiger partial charge in [0.1, 0.15) is 5.75 Å². The van der Waals surface area contributed by atoms with Gasteiger partial charge in [-0.3, -0.25) is 0 Å². The zero-order valence-corrected chi connectivity index (χ0v) is 16.6. The van der Waals surface area contributed by atoms with Gasteiger partial charge >= 0.3 is 0 Å². The lowest BCUT2D eigenvalue weighted by atomic mass is 10.00. The van der Waals surface area contributed by atoms with Gasteiger partial charge in [-0.05, 0) is 46.6 Å². The molecule has 0 saturated carbocycles. The highest BCUT2D eigenvalue weighted by molar-refractivity contribution is 9.10. The van der Waals surface area contributed by atoms with Gasteiger partial charge < -0.3 is 19.5 Å². The summed E-state index contributed by atoms with van der Waals surface area (Å²) in [5, 5.41) is 4.26. The van der Waals surface area contributed by atoms with Gasteiger partial charge in [0, 0.05) is 24.6 Å². The molecule has 0 aliphatic carbocycles. The molecule has 1 heterocycles. The highest BCUT2D eigenvalue weighted by Crippen LogP contribution is 2.39. The molecule has 0 aromatic heterocycles. The molecule has 0 saturated heterocycles.